The van der Waals surface area contributed by atoms with Gasteiger partial charge in [0.25, 0.3) is 5.56 Å². The maximum absolute atomic E-state index is 13.3. The van der Waals surface area contributed by atoms with Crippen molar-refractivity contribution < 1.29 is 0 Å². The zero-order chi connectivity index (χ0) is 16.3. The van der Waals surface area contributed by atoms with Gasteiger partial charge in [-0.1, -0.05) is 17.7 Å². The molecule has 0 N–H and O–H groups in total. The monoisotopic (exact) mass is 336 g/mol. The lowest BCUT2D eigenvalue weighted by Crippen LogP contribution is -2.22. The molecule has 0 radical (unpaired) electrons. The first-order valence-corrected chi connectivity index (χ1v) is 9.02. The summed E-state index contributed by atoms with van der Waals surface area (Å²) < 4.78 is 3.65. The first-order valence-electron chi connectivity index (χ1n) is 8.20. The summed E-state index contributed by atoms with van der Waals surface area (Å²) in [7, 11) is 0. The van der Waals surface area contributed by atoms with Crippen molar-refractivity contribution >= 4 is 27.3 Å². The Kier molecular flexibility index (Phi) is 2.91. The molecule has 24 heavy (non-hydrogen) atoms. The van der Waals surface area contributed by atoms with Gasteiger partial charge in [-0.3, -0.25) is 9.20 Å². The molecule has 0 unspecified atom stereocenters. The maximum atomic E-state index is 13.3. The highest BCUT2D eigenvalue weighted by Gasteiger charge is 2.23. The fourth-order valence-electron chi connectivity index (χ4n) is 3.60. The van der Waals surface area contributed by atoms with Gasteiger partial charge in [-0.25, -0.2) is 4.57 Å². The fraction of sp³-hybridized carbons (Fsp3) is 0.278. The van der Waals surface area contributed by atoms with Crippen LogP contribution in [0.2, 0.25) is 0 Å². The zero-order valence-corrected chi connectivity index (χ0v) is 14.1. The summed E-state index contributed by atoms with van der Waals surface area (Å²) in [5.74, 6) is 0.579. The van der Waals surface area contributed by atoms with E-state index < -0.39 is 0 Å². The first-order chi connectivity index (χ1) is 11.7. The minimum atomic E-state index is 0.0220. The van der Waals surface area contributed by atoms with E-state index in [1.54, 1.807) is 22.2 Å². The number of hydrogen-bond donors (Lipinski definition) is 0. The zero-order valence-electron chi connectivity index (χ0n) is 13.3. The standard InChI is InChI=1S/C18H16N4OS/c1-11-6-8-12(9-7-11)22-16(23)15-13-4-2-3-5-14(13)24-17(15)21-10-19-20-18(21)22/h6-10H,2-5H2,1H3. The van der Waals surface area contributed by atoms with Crippen LogP contribution in [0, 0.1) is 6.92 Å². The van der Waals surface area contributed by atoms with Crippen molar-refractivity contribution in [3.05, 3.63) is 57.0 Å². The molecule has 5 nitrogen and oxygen atoms in total. The number of rotatable bonds is 1. The normalized spacial score (nSPS) is 14.4. The van der Waals surface area contributed by atoms with Crippen LogP contribution in [0.15, 0.2) is 35.4 Å². The predicted octanol–water partition coefficient (Wildman–Crippen LogP) is 3.28. The van der Waals surface area contributed by atoms with Crippen LogP contribution in [-0.2, 0) is 12.8 Å². The molecule has 1 aliphatic rings. The molecule has 6 heteroatoms. The number of aromatic nitrogens is 4. The van der Waals surface area contributed by atoms with Crippen molar-refractivity contribution in [1.29, 1.82) is 0 Å². The quantitative estimate of drug-likeness (QED) is 0.536. The van der Waals surface area contributed by atoms with E-state index in [4.69, 9.17) is 0 Å². The van der Waals surface area contributed by atoms with Gasteiger partial charge in [0.15, 0.2) is 0 Å². The molecule has 4 aromatic rings. The number of aryl methyl sites for hydroxylation is 3. The first kappa shape index (κ1) is 13.9. The SMILES string of the molecule is Cc1ccc(-n2c(=O)c3c4c(sc3n3cnnc23)CCCC4)cc1. The van der Waals surface area contributed by atoms with Gasteiger partial charge in [-0.05, 0) is 50.3 Å². The highest BCUT2D eigenvalue weighted by atomic mass is 32.1. The second kappa shape index (κ2) is 5.01. The van der Waals surface area contributed by atoms with E-state index >= 15 is 0 Å². The lowest BCUT2D eigenvalue weighted by atomic mass is 9.97. The van der Waals surface area contributed by atoms with E-state index in [0.29, 0.717) is 5.78 Å². The third-order valence-electron chi connectivity index (χ3n) is 4.81. The van der Waals surface area contributed by atoms with Crippen molar-refractivity contribution in [3.8, 4) is 5.69 Å². The number of hydrogen-bond acceptors (Lipinski definition) is 4. The Balaban J connectivity index is 1.95. The maximum Gasteiger partial charge on any atom is 0.268 e. The van der Waals surface area contributed by atoms with Gasteiger partial charge in [-0.2, -0.15) is 0 Å². The molecule has 0 atom stereocenters. The Morgan fingerprint density at radius 2 is 1.92 bits per heavy atom. The van der Waals surface area contributed by atoms with Crippen molar-refractivity contribution in [2.24, 2.45) is 0 Å². The summed E-state index contributed by atoms with van der Waals surface area (Å²) in [5, 5.41) is 9.13. The summed E-state index contributed by atoms with van der Waals surface area (Å²) in [6.45, 7) is 2.04. The lowest BCUT2D eigenvalue weighted by molar-refractivity contribution is 0.699. The third kappa shape index (κ3) is 1.83. The molecule has 5 rings (SSSR count). The van der Waals surface area contributed by atoms with Crippen LogP contribution in [0.1, 0.15) is 28.8 Å². The molecular weight excluding hydrogens is 320 g/mol. The Hall–Kier alpha value is -2.47. The van der Waals surface area contributed by atoms with Crippen LogP contribution in [0.5, 0.6) is 0 Å². The summed E-state index contributed by atoms with van der Waals surface area (Å²) in [4.78, 5) is 15.7. The average Bonchev–Trinajstić information content (AvgIpc) is 3.20. The van der Waals surface area contributed by atoms with Crippen LogP contribution in [0.25, 0.3) is 21.7 Å². The van der Waals surface area contributed by atoms with Gasteiger partial charge in [0.1, 0.15) is 11.2 Å². The predicted molar refractivity (Wildman–Crippen MR) is 95.3 cm³/mol. The molecule has 0 spiro atoms. The van der Waals surface area contributed by atoms with Gasteiger partial charge in [0.05, 0.1) is 11.1 Å². The minimum absolute atomic E-state index is 0.0220. The van der Waals surface area contributed by atoms with Gasteiger partial charge < -0.3 is 0 Å². The van der Waals surface area contributed by atoms with Crippen LogP contribution in [-0.4, -0.2) is 19.2 Å². The van der Waals surface area contributed by atoms with E-state index in [1.165, 1.54) is 22.4 Å². The molecular formula is C18H16N4OS. The van der Waals surface area contributed by atoms with E-state index in [0.717, 1.165) is 35.2 Å². The van der Waals surface area contributed by atoms with Crippen LogP contribution < -0.4 is 5.56 Å². The molecule has 0 bridgehead atoms. The van der Waals surface area contributed by atoms with E-state index in [1.807, 2.05) is 35.6 Å². The Morgan fingerprint density at radius 3 is 2.75 bits per heavy atom. The smallest absolute Gasteiger partial charge is 0.268 e. The van der Waals surface area contributed by atoms with Crippen molar-refractivity contribution in [3.63, 3.8) is 0 Å². The highest BCUT2D eigenvalue weighted by molar-refractivity contribution is 7.18. The summed E-state index contributed by atoms with van der Waals surface area (Å²) in [5.41, 5.74) is 3.26. The summed E-state index contributed by atoms with van der Waals surface area (Å²) >= 11 is 1.72. The topological polar surface area (TPSA) is 52.2 Å². The Bertz CT molecular complexity index is 1130. The second-order valence-corrected chi connectivity index (χ2v) is 7.45. The molecule has 1 aromatic carbocycles. The minimum Gasteiger partial charge on any atom is -0.268 e. The molecule has 0 saturated carbocycles. The number of fused-ring (bicyclic) bond motifs is 5. The van der Waals surface area contributed by atoms with Crippen molar-refractivity contribution in [1.82, 2.24) is 19.2 Å². The fourth-order valence-corrected chi connectivity index (χ4v) is 4.94. The summed E-state index contributed by atoms with van der Waals surface area (Å²) in [6, 6.07) is 7.97. The second-order valence-electron chi connectivity index (χ2n) is 6.37. The van der Waals surface area contributed by atoms with Crippen LogP contribution in [0.4, 0.5) is 0 Å². The average molecular weight is 336 g/mol. The molecule has 1 aliphatic carbocycles. The molecule has 3 aromatic heterocycles. The van der Waals surface area contributed by atoms with E-state index in [2.05, 4.69) is 10.2 Å². The molecule has 120 valence electrons. The largest absolute Gasteiger partial charge is 0.268 e. The molecule has 0 fully saturated rings. The Morgan fingerprint density at radius 1 is 1.12 bits per heavy atom. The van der Waals surface area contributed by atoms with Crippen LogP contribution in [0.3, 0.4) is 0 Å². The van der Waals surface area contributed by atoms with Gasteiger partial charge in [0.2, 0.25) is 5.78 Å². The van der Waals surface area contributed by atoms with Crippen molar-refractivity contribution in [2.45, 2.75) is 32.6 Å². The molecule has 0 amide bonds. The lowest BCUT2D eigenvalue weighted by Gasteiger charge is -2.11. The van der Waals surface area contributed by atoms with Gasteiger partial charge >= 0.3 is 0 Å². The number of thiophene rings is 1. The van der Waals surface area contributed by atoms with Gasteiger partial charge in [-0.15, -0.1) is 21.5 Å². The Labute approximate surface area is 142 Å². The van der Waals surface area contributed by atoms with E-state index in [9.17, 15) is 4.79 Å². The van der Waals surface area contributed by atoms with Gasteiger partial charge in [0, 0.05) is 4.88 Å². The number of benzene rings is 1. The van der Waals surface area contributed by atoms with Crippen molar-refractivity contribution in [2.75, 3.05) is 0 Å². The molecule has 3 heterocycles. The van der Waals surface area contributed by atoms with Crippen LogP contribution >= 0.6 is 11.3 Å². The highest BCUT2D eigenvalue weighted by Crippen LogP contribution is 2.35. The third-order valence-corrected chi connectivity index (χ3v) is 6.10. The molecule has 0 saturated heterocycles. The molecule has 0 aliphatic heterocycles. The number of nitrogens with zero attached hydrogens (tertiary/aromatic N) is 4. The summed E-state index contributed by atoms with van der Waals surface area (Å²) in [6.07, 6.45) is 6.14. The van der Waals surface area contributed by atoms with E-state index in [-0.39, 0.29) is 5.56 Å².